The van der Waals surface area contributed by atoms with Crippen LogP contribution in [-0.2, 0) is 10.0 Å². The predicted octanol–water partition coefficient (Wildman–Crippen LogP) is 1.96. The molecular formula is C15H21BrClN2O2S+. The molecule has 1 fully saturated rings. The van der Waals surface area contributed by atoms with E-state index in [1.165, 1.54) is 14.8 Å². The molecule has 0 spiro atoms. The van der Waals surface area contributed by atoms with Gasteiger partial charge in [0, 0.05) is 4.47 Å². The highest BCUT2D eigenvalue weighted by molar-refractivity contribution is 9.10. The third kappa shape index (κ3) is 4.32. The zero-order valence-corrected chi connectivity index (χ0v) is 15.9. The summed E-state index contributed by atoms with van der Waals surface area (Å²) in [4.78, 5) is 1.60. The number of nitrogens with one attached hydrogen (secondary N) is 1. The molecule has 1 aliphatic rings. The van der Waals surface area contributed by atoms with Crippen molar-refractivity contribution in [3.05, 3.63) is 39.3 Å². The van der Waals surface area contributed by atoms with Crippen molar-refractivity contribution in [2.45, 2.75) is 18.7 Å². The number of quaternary nitrogens is 1. The van der Waals surface area contributed by atoms with Crippen molar-refractivity contribution in [2.75, 3.05) is 32.7 Å². The number of nitrogens with zero attached hydrogens (tertiary/aromatic N) is 1. The molecule has 0 radical (unpaired) electrons. The Hall–Kier alpha value is -0.400. The average Bonchev–Trinajstić information content (AvgIpc) is 2.45. The quantitative estimate of drug-likeness (QED) is 0.774. The summed E-state index contributed by atoms with van der Waals surface area (Å²) in [6, 6.07) is 4.88. The van der Waals surface area contributed by atoms with Crippen molar-refractivity contribution >= 4 is 37.6 Å². The van der Waals surface area contributed by atoms with Crippen molar-refractivity contribution in [3.63, 3.8) is 0 Å². The van der Waals surface area contributed by atoms with Crippen LogP contribution < -0.4 is 4.90 Å². The van der Waals surface area contributed by atoms with Gasteiger partial charge in [0.2, 0.25) is 10.0 Å². The van der Waals surface area contributed by atoms with Crippen molar-refractivity contribution in [3.8, 4) is 0 Å². The lowest BCUT2D eigenvalue weighted by atomic mass is 10.3. The summed E-state index contributed by atoms with van der Waals surface area (Å²) in [5.74, 6) is 0. The standard InChI is InChI=1S/C15H20BrClN2O2S/c1-12(2)5-6-18-7-9-19(10-8-18)22(20,21)15-4-3-13(16)11-14(15)17/h3-5,11H,6-10H2,1-2H3/p+1. The zero-order chi connectivity index (χ0) is 16.3. The molecule has 1 aromatic rings. The van der Waals surface area contributed by atoms with E-state index in [4.69, 9.17) is 11.6 Å². The summed E-state index contributed by atoms with van der Waals surface area (Å²) in [6.45, 7) is 7.80. The molecule has 122 valence electrons. The Kier molecular flexibility index (Phi) is 6.07. The minimum absolute atomic E-state index is 0.185. The number of hydrogen-bond acceptors (Lipinski definition) is 2. The summed E-state index contributed by atoms with van der Waals surface area (Å²) in [6.07, 6.45) is 2.20. The summed E-state index contributed by atoms with van der Waals surface area (Å²) in [7, 11) is -3.51. The van der Waals surface area contributed by atoms with Crippen molar-refractivity contribution in [1.82, 2.24) is 4.31 Å². The van der Waals surface area contributed by atoms with Gasteiger partial charge in [-0.15, -0.1) is 0 Å². The molecule has 0 unspecified atom stereocenters. The van der Waals surface area contributed by atoms with Crippen molar-refractivity contribution < 1.29 is 13.3 Å². The van der Waals surface area contributed by atoms with Gasteiger partial charge in [-0.1, -0.05) is 33.1 Å². The second kappa shape index (κ2) is 7.45. The van der Waals surface area contributed by atoms with Crippen LogP contribution in [0.1, 0.15) is 13.8 Å². The van der Waals surface area contributed by atoms with E-state index in [-0.39, 0.29) is 9.92 Å². The van der Waals surface area contributed by atoms with Crippen molar-refractivity contribution in [1.29, 1.82) is 0 Å². The van der Waals surface area contributed by atoms with E-state index in [1.54, 1.807) is 18.2 Å². The fraction of sp³-hybridized carbons (Fsp3) is 0.467. The van der Waals surface area contributed by atoms with Gasteiger partial charge < -0.3 is 4.90 Å². The summed E-state index contributed by atoms with van der Waals surface area (Å²) in [5.41, 5.74) is 1.30. The van der Waals surface area contributed by atoms with Crippen LogP contribution in [0, 0.1) is 0 Å². The van der Waals surface area contributed by atoms with Crippen LogP contribution in [0.2, 0.25) is 5.02 Å². The predicted molar refractivity (Wildman–Crippen MR) is 92.9 cm³/mol. The van der Waals surface area contributed by atoms with Gasteiger partial charge in [-0.05, 0) is 38.1 Å². The molecule has 0 aromatic heterocycles. The SMILES string of the molecule is CC(C)=CC[NH+]1CCN(S(=O)(=O)c2ccc(Br)cc2Cl)CC1. The lowest BCUT2D eigenvalue weighted by molar-refractivity contribution is -0.897. The highest BCUT2D eigenvalue weighted by Gasteiger charge is 2.31. The monoisotopic (exact) mass is 407 g/mol. The molecule has 0 bridgehead atoms. The maximum atomic E-state index is 12.7. The fourth-order valence-corrected chi connectivity index (χ4v) is 4.87. The molecule has 0 amide bonds. The van der Waals surface area contributed by atoms with E-state index in [9.17, 15) is 8.42 Å². The lowest BCUT2D eigenvalue weighted by Crippen LogP contribution is -3.14. The van der Waals surface area contributed by atoms with Gasteiger partial charge in [0.15, 0.2) is 0 Å². The van der Waals surface area contributed by atoms with Gasteiger partial charge in [-0.25, -0.2) is 8.42 Å². The summed E-state index contributed by atoms with van der Waals surface area (Å²) < 4.78 is 27.7. The van der Waals surface area contributed by atoms with Gasteiger partial charge >= 0.3 is 0 Å². The second-order valence-corrected chi connectivity index (χ2v) is 8.94. The summed E-state index contributed by atoms with van der Waals surface area (Å²) in [5, 5.41) is 0.258. The number of piperazine rings is 1. The highest BCUT2D eigenvalue weighted by atomic mass is 79.9. The topological polar surface area (TPSA) is 41.8 Å². The van der Waals surface area contributed by atoms with E-state index in [2.05, 4.69) is 35.9 Å². The van der Waals surface area contributed by atoms with Gasteiger partial charge in [-0.2, -0.15) is 4.31 Å². The molecule has 1 heterocycles. The smallest absolute Gasteiger partial charge is 0.244 e. The second-order valence-electron chi connectivity index (χ2n) is 5.71. The van der Waals surface area contributed by atoms with Gasteiger partial charge in [0.1, 0.15) is 4.90 Å². The van der Waals surface area contributed by atoms with Crippen LogP contribution in [-0.4, -0.2) is 45.4 Å². The molecule has 1 saturated heterocycles. The minimum Gasteiger partial charge on any atom is -0.329 e. The number of allylic oxidation sites excluding steroid dienone is 1. The van der Waals surface area contributed by atoms with Crippen LogP contribution in [0.15, 0.2) is 39.2 Å². The Morgan fingerprint density at radius 1 is 1.36 bits per heavy atom. The third-order valence-electron chi connectivity index (χ3n) is 3.74. The first-order chi connectivity index (χ1) is 10.3. The Bertz CT molecular complexity index is 664. The number of hydrogen-bond donors (Lipinski definition) is 1. The first kappa shape index (κ1) is 17.9. The zero-order valence-electron chi connectivity index (χ0n) is 12.8. The van der Waals surface area contributed by atoms with E-state index >= 15 is 0 Å². The van der Waals surface area contributed by atoms with Crippen LogP contribution in [0.4, 0.5) is 0 Å². The Morgan fingerprint density at radius 3 is 2.55 bits per heavy atom. The lowest BCUT2D eigenvalue weighted by Gasteiger charge is -2.31. The van der Waals surface area contributed by atoms with Gasteiger partial charge in [-0.3, -0.25) is 0 Å². The number of rotatable bonds is 4. The number of benzene rings is 1. The number of sulfonamides is 1. The van der Waals surface area contributed by atoms with E-state index in [0.29, 0.717) is 13.1 Å². The maximum Gasteiger partial charge on any atom is 0.244 e. The van der Waals surface area contributed by atoms with Gasteiger partial charge in [0.25, 0.3) is 0 Å². The van der Waals surface area contributed by atoms with Crippen LogP contribution in [0.5, 0.6) is 0 Å². The fourth-order valence-electron chi connectivity index (χ4n) is 2.42. The molecule has 7 heteroatoms. The molecule has 4 nitrogen and oxygen atoms in total. The molecule has 1 N–H and O–H groups in total. The van der Waals surface area contributed by atoms with Crippen LogP contribution in [0.25, 0.3) is 0 Å². The van der Waals surface area contributed by atoms with Gasteiger partial charge in [0.05, 0.1) is 37.7 Å². The van der Waals surface area contributed by atoms with E-state index in [0.717, 1.165) is 24.1 Å². The Balaban J connectivity index is 2.08. The van der Waals surface area contributed by atoms with E-state index in [1.807, 2.05) is 0 Å². The molecule has 0 saturated carbocycles. The van der Waals surface area contributed by atoms with Crippen LogP contribution >= 0.6 is 27.5 Å². The third-order valence-corrected chi connectivity index (χ3v) is 6.62. The van der Waals surface area contributed by atoms with Crippen molar-refractivity contribution in [2.24, 2.45) is 0 Å². The average molecular weight is 409 g/mol. The largest absolute Gasteiger partial charge is 0.329 e. The molecule has 1 aromatic carbocycles. The first-order valence-corrected chi connectivity index (χ1v) is 9.84. The van der Waals surface area contributed by atoms with E-state index < -0.39 is 10.0 Å². The molecular weight excluding hydrogens is 388 g/mol. The Morgan fingerprint density at radius 2 is 2.00 bits per heavy atom. The molecule has 22 heavy (non-hydrogen) atoms. The molecule has 0 aliphatic carbocycles. The maximum absolute atomic E-state index is 12.7. The normalized spacial score (nSPS) is 17.5. The Labute approximate surface area is 145 Å². The molecule has 2 rings (SSSR count). The highest BCUT2D eigenvalue weighted by Crippen LogP contribution is 2.27. The first-order valence-electron chi connectivity index (χ1n) is 7.23. The molecule has 1 aliphatic heterocycles. The minimum atomic E-state index is -3.51. The van der Waals surface area contributed by atoms with Crippen LogP contribution in [0.3, 0.4) is 0 Å². The molecule has 0 atom stereocenters. The number of halogens is 2. The summed E-state index contributed by atoms with van der Waals surface area (Å²) >= 11 is 9.39.